The number of nitrogens with one attached hydrogen (secondary N) is 3. The summed E-state index contributed by atoms with van der Waals surface area (Å²) in [5.41, 5.74) is -5.03. The van der Waals surface area contributed by atoms with Crippen LogP contribution in [0.3, 0.4) is 0 Å². The summed E-state index contributed by atoms with van der Waals surface area (Å²) < 4.78 is 113. The summed E-state index contributed by atoms with van der Waals surface area (Å²) in [4.78, 5) is 172. The third-order valence-electron chi connectivity index (χ3n) is 21.2. The van der Waals surface area contributed by atoms with E-state index in [0.717, 1.165) is 63.8 Å². The third-order valence-corrected chi connectivity index (χ3v) is 21.2. The number of carbonyl (C=O) groups is 11. The van der Waals surface area contributed by atoms with Crippen LogP contribution in [0.2, 0.25) is 0 Å². The van der Waals surface area contributed by atoms with Crippen molar-refractivity contribution in [2.24, 2.45) is 17.8 Å². The molecule has 5 aliphatic rings. The molecule has 2 aliphatic carbocycles. The highest BCUT2D eigenvalue weighted by molar-refractivity contribution is 6.00. The predicted molar refractivity (Wildman–Crippen MR) is 350 cm³/mol. The van der Waals surface area contributed by atoms with Gasteiger partial charge in [0.25, 0.3) is 0 Å². The molecule has 7 rings (SSSR count). The molecule has 0 radical (unpaired) electrons. The van der Waals surface area contributed by atoms with Crippen molar-refractivity contribution < 1.29 is 87.9 Å². The van der Waals surface area contributed by atoms with Crippen LogP contribution < -0.4 is 16.0 Å². The van der Waals surface area contributed by atoms with Crippen LogP contribution in [-0.4, -0.2) is 226 Å². The minimum Gasteiger partial charge on any atom is -0.343 e. The van der Waals surface area contributed by atoms with Gasteiger partial charge in [-0.2, -0.15) is 26.3 Å². The number of benzene rings is 2. The summed E-state index contributed by atoms with van der Waals surface area (Å²) >= 11 is 0. The van der Waals surface area contributed by atoms with Gasteiger partial charge in [0.1, 0.15) is 71.1 Å². The Hall–Kier alpha value is -7.95. The molecule has 1 spiro atoms. The Bertz CT molecular complexity index is 3340. The summed E-state index contributed by atoms with van der Waals surface area (Å²) in [5, 5.41) is 8.38. The molecule has 10 atom stereocenters. The quantitative estimate of drug-likeness (QED) is 0.217. The van der Waals surface area contributed by atoms with E-state index in [1.165, 1.54) is 61.8 Å². The molecule has 2 aromatic rings. The molecule has 2 aromatic carbocycles. The summed E-state index contributed by atoms with van der Waals surface area (Å²) in [6.07, 6.45) is -7.34. The van der Waals surface area contributed by atoms with Crippen LogP contribution in [0.15, 0.2) is 36.4 Å². The second-order valence-electron chi connectivity index (χ2n) is 28.5. The Morgan fingerprint density at radius 2 is 1.19 bits per heavy atom. The largest absolute Gasteiger partial charge is 0.422 e. The first-order chi connectivity index (χ1) is 46.7. The molecule has 2 saturated carbocycles. The number of aryl methyl sites for hydroxylation is 1. The van der Waals surface area contributed by atoms with E-state index in [2.05, 4.69) is 16.0 Å². The summed E-state index contributed by atoms with van der Waals surface area (Å²) in [5.74, 6) is -13.1. The Morgan fingerprint density at radius 1 is 0.590 bits per heavy atom. The number of hydrogen-bond acceptors (Lipinski definition) is 11. The standard InChI is InChI=1S/C70H97F8N11O11/c1-13-40(4)57-65(98)84(9)42(6)61(94)89-32-28-51(89)64(97)86(11)53(37-43-22-25-46(26-23-43)69(73,74)75)63(96)82(7)38-54(90)79-49(27-24-44-35-47(71)56(48(72)36-44)70(76,77)78)62(95)88-31-18-21-50(88)60(93)81-68(29-16-17-30-68)67(100)87(12)58(45-19-14-15-20-45)66(99)83(8)41(5)34-55(91)85(10)52(33-39(2)3)59(92)80-57/h22-23,25-26,35-36,39-42,45,49-53,57-58H,13-21,24,27-34,37-38H2,1-12H3,(H,79,90)(H,80,92)(H,81,93)/t40-,41+,42-,49-,50-,51-,52-,53-,57-,58-/m0/s1. The van der Waals surface area contributed by atoms with Crippen molar-refractivity contribution in [1.82, 2.24) is 55.1 Å². The molecule has 5 fully saturated rings. The van der Waals surface area contributed by atoms with E-state index in [-0.39, 0.29) is 81.0 Å². The second kappa shape index (κ2) is 32.8. The van der Waals surface area contributed by atoms with Crippen LogP contribution in [0.4, 0.5) is 35.1 Å². The van der Waals surface area contributed by atoms with Gasteiger partial charge in [-0.1, -0.05) is 71.9 Å². The second-order valence-corrected chi connectivity index (χ2v) is 28.5. The number of alkyl halides is 6. The van der Waals surface area contributed by atoms with Crippen molar-refractivity contribution >= 4 is 65.0 Å². The Balaban J connectivity index is 1.28. The highest BCUT2D eigenvalue weighted by atomic mass is 19.4. The first-order valence-electron chi connectivity index (χ1n) is 34.6. The average molecular weight is 1420 g/mol. The zero-order valence-corrected chi connectivity index (χ0v) is 59.1. The van der Waals surface area contributed by atoms with Crippen LogP contribution in [0.1, 0.15) is 160 Å². The van der Waals surface area contributed by atoms with E-state index in [9.17, 15) is 64.7 Å². The average Bonchev–Trinajstić information content (AvgIpc) is 1.07. The van der Waals surface area contributed by atoms with E-state index in [4.69, 9.17) is 0 Å². The Morgan fingerprint density at radius 3 is 1.74 bits per heavy atom. The van der Waals surface area contributed by atoms with Crippen LogP contribution >= 0.6 is 0 Å². The summed E-state index contributed by atoms with van der Waals surface area (Å²) in [6, 6.07) is -6.88. The molecular weight excluding hydrogens is 1320 g/mol. The fourth-order valence-electron chi connectivity index (χ4n) is 14.5. The van der Waals surface area contributed by atoms with Crippen molar-refractivity contribution in [2.75, 3.05) is 61.9 Å². The van der Waals surface area contributed by atoms with Crippen molar-refractivity contribution in [3.05, 3.63) is 70.3 Å². The minimum atomic E-state index is -5.42. The molecule has 0 unspecified atom stereocenters. The Kier molecular flexibility index (Phi) is 26.0. The van der Waals surface area contributed by atoms with E-state index in [1.807, 2.05) is 13.8 Å². The van der Waals surface area contributed by atoms with Gasteiger partial charge in [-0.15, -0.1) is 0 Å². The van der Waals surface area contributed by atoms with Crippen LogP contribution in [-0.2, 0) is 77.9 Å². The maximum Gasteiger partial charge on any atom is 0.422 e. The Labute approximate surface area is 578 Å². The fraction of sp³-hybridized carbons (Fsp3) is 0.671. The summed E-state index contributed by atoms with van der Waals surface area (Å²) in [6.45, 7) is 9.31. The van der Waals surface area contributed by atoms with E-state index in [0.29, 0.717) is 44.2 Å². The lowest BCUT2D eigenvalue weighted by Crippen LogP contribution is -2.65. The van der Waals surface area contributed by atoms with Gasteiger partial charge >= 0.3 is 12.4 Å². The number of amides is 11. The van der Waals surface area contributed by atoms with Gasteiger partial charge in [0.05, 0.1) is 12.1 Å². The molecular formula is C70H97F8N11O11. The predicted octanol–water partition coefficient (Wildman–Crippen LogP) is 6.49. The maximum atomic E-state index is 15.4. The lowest BCUT2D eigenvalue weighted by atomic mass is 9.90. The van der Waals surface area contributed by atoms with Gasteiger partial charge in [-0.25, -0.2) is 8.78 Å². The zero-order chi connectivity index (χ0) is 74.4. The molecule has 0 bridgehead atoms. The van der Waals surface area contributed by atoms with Gasteiger partial charge in [0.2, 0.25) is 65.0 Å². The molecule has 0 aromatic heterocycles. The summed E-state index contributed by atoms with van der Waals surface area (Å²) in [7, 11) is 8.19. The maximum absolute atomic E-state index is 15.4. The molecule has 30 heteroatoms. The van der Waals surface area contributed by atoms with Crippen molar-refractivity contribution in [2.45, 2.75) is 223 Å². The van der Waals surface area contributed by atoms with Gasteiger partial charge < -0.3 is 55.1 Å². The number of hydrogen-bond donors (Lipinski definition) is 3. The fourth-order valence-corrected chi connectivity index (χ4v) is 14.5. The number of nitrogens with zero attached hydrogens (tertiary/aromatic N) is 8. The van der Waals surface area contributed by atoms with E-state index >= 15 is 23.2 Å². The van der Waals surface area contributed by atoms with E-state index in [1.54, 1.807) is 20.8 Å². The molecule has 100 heavy (non-hydrogen) atoms. The van der Waals surface area contributed by atoms with Crippen molar-refractivity contribution in [1.29, 1.82) is 0 Å². The molecule has 3 heterocycles. The SMILES string of the molecule is CC[C@H](C)[C@@H]1NC(=O)[C@H](CC(C)C)N(C)C(=O)C[C@@H](C)N(C)C(=O)[C@H](C2CCCC2)N(C)C(=O)C2(CCCC2)NC(=O)[C@@H]2CCCN2C(=O)[C@H](CCc2cc(F)c(C(F)(F)F)c(F)c2)NC(=O)CN(C)C(=O)[C@H](Cc2ccc(C(F)(F)F)cc2)N(C)C(=O)[C@@H]2CCN2C(=O)[C@H](C)N(C)C1=O. The highest BCUT2D eigenvalue weighted by Gasteiger charge is 2.52. The number of rotatable bonds is 10. The number of carbonyl (C=O) groups excluding carboxylic acids is 11. The topological polar surface area (TPSA) is 250 Å². The lowest BCUT2D eigenvalue weighted by Gasteiger charge is -2.45. The van der Waals surface area contributed by atoms with Gasteiger partial charge in [0, 0.05) is 74.3 Å². The molecule has 22 nitrogen and oxygen atoms in total. The van der Waals surface area contributed by atoms with Gasteiger partial charge in [-0.05, 0) is 131 Å². The minimum absolute atomic E-state index is 0.00245. The van der Waals surface area contributed by atoms with Gasteiger partial charge in [-0.3, -0.25) is 52.7 Å². The smallest absolute Gasteiger partial charge is 0.343 e. The van der Waals surface area contributed by atoms with Crippen LogP contribution in [0.5, 0.6) is 0 Å². The van der Waals surface area contributed by atoms with Crippen LogP contribution in [0, 0.1) is 29.4 Å². The van der Waals surface area contributed by atoms with Crippen LogP contribution in [0.25, 0.3) is 0 Å². The number of likely N-dealkylation sites (N-methyl/N-ethyl adjacent to an activating group) is 6. The first kappa shape index (κ1) is 79.4. The lowest BCUT2D eigenvalue weighted by molar-refractivity contribution is -0.160. The monoisotopic (exact) mass is 1420 g/mol. The van der Waals surface area contributed by atoms with Crippen molar-refractivity contribution in [3.8, 4) is 0 Å². The molecule has 11 amide bonds. The molecule has 3 aliphatic heterocycles. The number of fused-ring (bicyclic) bond motifs is 2. The van der Waals surface area contributed by atoms with E-state index < -0.39 is 192 Å². The van der Waals surface area contributed by atoms with Crippen molar-refractivity contribution in [3.63, 3.8) is 0 Å². The third kappa shape index (κ3) is 18.0. The molecule has 554 valence electrons. The molecule has 3 saturated heterocycles. The first-order valence-corrected chi connectivity index (χ1v) is 34.6. The number of halogens is 8. The molecule has 3 N–H and O–H groups in total. The van der Waals surface area contributed by atoms with Gasteiger partial charge in [0.15, 0.2) is 0 Å². The zero-order valence-electron chi connectivity index (χ0n) is 59.1. The highest BCUT2D eigenvalue weighted by Crippen LogP contribution is 2.39. The normalized spacial score (nSPS) is 26.9.